The van der Waals surface area contributed by atoms with E-state index in [4.69, 9.17) is 10.6 Å². The summed E-state index contributed by atoms with van der Waals surface area (Å²) < 4.78 is 17.6. The second kappa shape index (κ2) is 4.06. The minimum absolute atomic E-state index is 0.0621. The van der Waals surface area contributed by atoms with Crippen LogP contribution in [0.1, 0.15) is 5.56 Å². The van der Waals surface area contributed by atoms with E-state index in [1.165, 1.54) is 7.11 Å². The first-order chi connectivity index (χ1) is 6.19. The number of phenols is 1. The first kappa shape index (κ1) is 9.76. The predicted molar refractivity (Wildman–Crippen MR) is 43.6 cm³/mol. The highest BCUT2D eigenvalue weighted by atomic mass is 19.1. The zero-order chi connectivity index (χ0) is 9.84. The van der Waals surface area contributed by atoms with Crippen molar-refractivity contribution in [2.24, 2.45) is 5.90 Å². The molecule has 0 unspecified atom stereocenters. The lowest BCUT2D eigenvalue weighted by Crippen LogP contribution is -2.00. The Hall–Kier alpha value is -1.33. The Kier molecular flexibility index (Phi) is 3.05. The van der Waals surface area contributed by atoms with Crippen LogP contribution in [0.2, 0.25) is 0 Å². The molecule has 0 aromatic heterocycles. The number of methoxy groups -OCH3 is 1. The van der Waals surface area contributed by atoms with Gasteiger partial charge in [-0.1, -0.05) is 0 Å². The van der Waals surface area contributed by atoms with E-state index in [0.717, 1.165) is 12.1 Å². The summed E-state index contributed by atoms with van der Waals surface area (Å²) in [5, 5.41) is 9.42. The molecule has 4 nitrogen and oxygen atoms in total. The summed E-state index contributed by atoms with van der Waals surface area (Å²) in [6, 6.07) is 2.21. The monoisotopic (exact) mass is 187 g/mol. The summed E-state index contributed by atoms with van der Waals surface area (Å²) in [5.74, 6) is 4.19. The van der Waals surface area contributed by atoms with Gasteiger partial charge in [0.2, 0.25) is 0 Å². The minimum atomic E-state index is -0.512. The number of ether oxygens (including phenoxy) is 1. The molecule has 0 bridgehead atoms. The first-order valence-corrected chi connectivity index (χ1v) is 3.56. The Morgan fingerprint density at radius 1 is 1.54 bits per heavy atom. The molecule has 13 heavy (non-hydrogen) atoms. The number of hydrogen-bond donors (Lipinski definition) is 2. The van der Waals surface area contributed by atoms with Gasteiger partial charge in [-0.25, -0.2) is 10.3 Å². The van der Waals surface area contributed by atoms with E-state index < -0.39 is 5.82 Å². The van der Waals surface area contributed by atoms with Crippen molar-refractivity contribution < 1.29 is 19.1 Å². The van der Waals surface area contributed by atoms with Crippen molar-refractivity contribution >= 4 is 0 Å². The van der Waals surface area contributed by atoms with Crippen molar-refractivity contribution in [2.45, 2.75) is 6.61 Å². The highest BCUT2D eigenvalue weighted by Crippen LogP contribution is 2.30. The van der Waals surface area contributed by atoms with Gasteiger partial charge in [-0.15, -0.1) is 0 Å². The van der Waals surface area contributed by atoms with Gasteiger partial charge in [-0.2, -0.15) is 0 Å². The lowest BCUT2D eigenvalue weighted by molar-refractivity contribution is 0.121. The molecule has 1 aromatic rings. The van der Waals surface area contributed by atoms with Gasteiger partial charge in [0.25, 0.3) is 0 Å². The summed E-state index contributed by atoms with van der Waals surface area (Å²) in [4.78, 5) is 4.28. The Balaban J connectivity index is 3.11. The van der Waals surface area contributed by atoms with Crippen LogP contribution in [0.3, 0.4) is 0 Å². The number of halogens is 1. The fourth-order valence-electron chi connectivity index (χ4n) is 0.984. The molecule has 5 heteroatoms. The van der Waals surface area contributed by atoms with Crippen LogP contribution in [-0.4, -0.2) is 12.2 Å². The molecule has 1 aromatic carbocycles. The van der Waals surface area contributed by atoms with Gasteiger partial charge >= 0.3 is 0 Å². The van der Waals surface area contributed by atoms with E-state index in [2.05, 4.69) is 4.84 Å². The number of rotatable bonds is 3. The quantitative estimate of drug-likeness (QED) is 0.691. The normalized spacial score (nSPS) is 10.1. The molecule has 0 aliphatic rings. The highest BCUT2D eigenvalue weighted by Gasteiger charge is 2.10. The molecule has 1 rings (SSSR count). The van der Waals surface area contributed by atoms with Crippen LogP contribution >= 0.6 is 0 Å². The molecule has 0 spiro atoms. The summed E-state index contributed by atoms with van der Waals surface area (Å²) in [6.45, 7) is -0.0695. The molecule has 0 atom stereocenters. The fraction of sp³-hybridized carbons (Fsp3) is 0.250. The largest absolute Gasteiger partial charge is 0.504 e. The molecule has 0 fully saturated rings. The van der Waals surface area contributed by atoms with Crippen LogP contribution in [0.25, 0.3) is 0 Å². The second-order valence-corrected chi connectivity index (χ2v) is 2.43. The maximum Gasteiger partial charge on any atom is 0.163 e. The first-order valence-electron chi connectivity index (χ1n) is 3.56. The minimum Gasteiger partial charge on any atom is -0.504 e. The Morgan fingerprint density at radius 2 is 2.23 bits per heavy atom. The van der Waals surface area contributed by atoms with Gasteiger partial charge in [0.15, 0.2) is 11.5 Å². The third-order valence-corrected chi connectivity index (χ3v) is 1.58. The number of phenolic OH excluding ortho intramolecular Hbond substituents is 1. The summed E-state index contributed by atoms with van der Waals surface area (Å²) in [6.07, 6.45) is 0. The van der Waals surface area contributed by atoms with Crippen LogP contribution in [0.5, 0.6) is 11.5 Å². The Morgan fingerprint density at radius 3 is 2.77 bits per heavy atom. The molecule has 0 aliphatic heterocycles. The van der Waals surface area contributed by atoms with Gasteiger partial charge < -0.3 is 9.84 Å². The molecular weight excluding hydrogens is 177 g/mol. The van der Waals surface area contributed by atoms with Gasteiger partial charge in [0.1, 0.15) is 5.82 Å². The van der Waals surface area contributed by atoms with E-state index >= 15 is 0 Å². The predicted octanol–water partition coefficient (Wildman–Crippen LogP) is 0.930. The van der Waals surface area contributed by atoms with Crippen LogP contribution in [0, 0.1) is 5.82 Å². The SMILES string of the molecule is COc1cc(F)cc(CON)c1O. The van der Waals surface area contributed by atoms with E-state index in [-0.39, 0.29) is 23.7 Å². The molecular formula is C8H10FNO3. The third-order valence-electron chi connectivity index (χ3n) is 1.58. The zero-order valence-corrected chi connectivity index (χ0v) is 7.08. The number of nitrogens with two attached hydrogens (primary N) is 1. The molecule has 0 radical (unpaired) electrons. The molecule has 0 aliphatic carbocycles. The highest BCUT2D eigenvalue weighted by molar-refractivity contribution is 5.45. The smallest absolute Gasteiger partial charge is 0.163 e. The lowest BCUT2D eigenvalue weighted by Gasteiger charge is -2.07. The molecule has 72 valence electrons. The molecule has 3 N–H and O–H groups in total. The number of aromatic hydroxyl groups is 1. The van der Waals surface area contributed by atoms with E-state index in [0.29, 0.717) is 0 Å². The van der Waals surface area contributed by atoms with Gasteiger partial charge in [0, 0.05) is 11.6 Å². The van der Waals surface area contributed by atoms with E-state index in [9.17, 15) is 9.50 Å². The standard InChI is InChI=1S/C8H10FNO3/c1-12-7-3-6(9)2-5(4-13-10)8(7)11/h2-3,11H,4,10H2,1H3. The number of benzene rings is 1. The van der Waals surface area contributed by atoms with Gasteiger partial charge in [-0.3, -0.25) is 4.84 Å². The molecule has 0 saturated heterocycles. The topological polar surface area (TPSA) is 64.7 Å². The summed E-state index contributed by atoms with van der Waals surface area (Å²) in [5.41, 5.74) is 0.249. The maximum absolute atomic E-state index is 12.8. The average molecular weight is 187 g/mol. The second-order valence-electron chi connectivity index (χ2n) is 2.43. The van der Waals surface area contributed by atoms with Crippen molar-refractivity contribution in [3.05, 3.63) is 23.5 Å². The Bertz CT molecular complexity index is 304. The van der Waals surface area contributed by atoms with Crippen LogP contribution < -0.4 is 10.6 Å². The summed E-state index contributed by atoms with van der Waals surface area (Å²) in [7, 11) is 1.33. The van der Waals surface area contributed by atoms with Gasteiger partial charge in [-0.05, 0) is 6.07 Å². The fourth-order valence-corrected chi connectivity index (χ4v) is 0.984. The van der Waals surface area contributed by atoms with E-state index in [1.54, 1.807) is 0 Å². The van der Waals surface area contributed by atoms with Crippen molar-refractivity contribution in [1.29, 1.82) is 0 Å². The molecule has 0 heterocycles. The third kappa shape index (κ3) is 2.07. The Labute approximate surface area is 74.6 Å². The van der Waals surface area contributed by atoms with Crippen molar-refractivity contribution in [2.75, 3.05) is 7.11 Å². The van der Waals surface area contributed by atoms with Crippen LogP contribution in [0.4, 0.5) is 4.39 Å². The lowest BCUT2D eigenvalue weighted by atomic mass is 10.2. The van der Waals surface area contributed by atoms with Crippen LogP contribution in [0.15, 0.2) is 12.1 Å². The number of hydrogen-bond acceptors (Lipinski definition) is 4. The van der Waals surface area contributed by atoms with Crippen LogP contribution in [-0.2, 0) is 11.4 Å². The van der Waals surface area contributed by atoms with Crippen molar-refractivity contribution in [1.82, 2.24) is 0 Å². The zero-order valence-electron chi connectivity index (χ0n) is 7.08. The van der Waals surface area contributed by atoms with Crippen molar-refractivity contribution in [3.8, 4) is 11.5 Å². The summed E-state index contributed by atoms with van der Waals surface area (Å²) >= 11 is 0. The van der Waals surface area contributed by atoms with Gasteiger partial charge in [0.05, 0.1) is 13.7 Å². The average Bonchev–Trinajstić information content (AvgIpc) is 2.11. The molecule has 0 amide bonds. The molecule has 0 saturated carbocycles. The van der Waals surface area contributed by atoms with Crippen molar-refractivity contribution in [3.63, 3.8) is 0 Å². The maximum atomic E-state index is 12.8. The van der Waals surface area contributed by atoms with E-state index in [1.807, 2.05) is 0 Å².